The molecule has 2 aromatic rings. The van der Waals surface area contributed by atoms with E-state index < -0.39 is 5.97 Å². The van der Waals surface area contributed by atoms with Gasteiger partial charge in [-0.15, -0.1) is 11.3 Å². The monoisotopic (exact) mass is 332 g/mol. The molecule has 1 aromatic carbocycles. The summed E-state index contributed by atoms with van der Waals surface area (Å²) in [4.78, 5) is 27.4. The highest BCUT2D eigenvalue weighted by Gasteiger charge is 2.11. The van der Waals surface area contributed by atoms with E-state index >= 15 is 0 Å². The van der Waals surface area contributed by atoms with Crippen molar-refractivity contribution in [1.29, 1.82) is 0 Å². The van der Waals surface area contributed by atoms with Gasteiger partial charge in [0.1, 0.15) is 5.75 Å². The molecule has 1 heterocycles. The van der Waals surface area contributed by atoms with E-state index in [0.717, 1.165) is 5.56 Å². The molecule has 0 aliphatic rings. The SMILES string of the molecule is COc1cccc(/C=C/C(=O)Nc2nc(C)c(CC(=O)O)s2)c1. The van der Waals surface area contributed by atoms with Crippen LogP contribution in [0.5, 0.6) is 5.75 Å². The van der Waals surface area contributed by atoms with Gasteiger partial charge in [0.2, 0.25) is 5.91 Å². The first-order chi connectivity index (χ1) is 11.0. The highest BCUT2D eigenvalue weighted by atomic mass is 32.1. The molecular weight excluding hydrogens is 316 g/mol. The first kappa shape index (κ1) is 16.7. The van der Waals surface area contributed by atoms with Gasteiger partial charge in [0.05, 0.1) is 19.2 Å². The number of carboxylic acids is 1. The molecule has 0 spiro atoms. The first-order valence-electron chi connectivity index (χ1n) is 6.79. The number of carbonyl (C=O) groups is 2. The van der Waals surface area contributed by atoms with Gasteiger partial charge in [0.15, 0.2) is 5.13 Å². The molecule has 0 radical (unpaired) electrons. The molecule has 1 aromatic heterocycles. The van der Waals surface area contributed by atoms with Gasteiger partial charge in [-0.1, -0.05) is 12.1 Å². The van der Waals surface area contributed by atoms with Gasteiger partial charge in [-0.2, -0.15) is 0 Å². The van der Waals surface area contributed by atoms with Gasteiger partial charge >= 0.3 is 5.97 Å². The normalized spacial score (nSPS) is 10.7. The van der Waals surface area contributed by atoms with Gasteiger partial charge in [-0.25, -0.2) is 4.98 Å². The Bertz CT molecular complexity index is 752. The van der Waals surface area contributed by atoms with Crippen LogP contribution in [0.15, 0.2) is 30.3 Å². The smallest absolute Gasteiger partial charge is 0.308 e. The molecule has 0 fully saturated rings. The van der Waals surface area contributed by atoms with Crippen LogP contribution in [0.2, 0.25) is 0 Å². The van der Waals surface area contributed by atoms with E-state index in [-0.39, 0.29) is 12.3 Å². The lowest BCUT2D eigenvalue weighted by atomic mass is 10.2. The van der Waals surface area contributed by atoms with E-state index in [1.54, 1.807) is 20.1 Å². The van der Waals surface area contributed by atoms with Crippen molar-refractivity contribution in [1.82, 2.24) is 4.98 Å². The number of nitrogens with zero attached hydrogens (tertiary/aromatic N) is 1. The Morgan fingerprint density at radius 2 is 2.22 bits per heavy atom. The molecule has 2 rings (SSSR count). The van der Waals surface area contributed by atoms with Crippen molar-refractivity contribution in [2.24, 2.45) is 0 Å². The van der Waals surface area contributed by atoms with Gasteiger partial charge < -0.3 is 9.84 Å². The summed E-state index contributed by atoms with van der Waals surface area (Å²) < 4.78 is 5.11. The Kier molecular flexibility index (Phi) is 5.48. The molecule has 6 nitrogen and oxygen atoms in total. The van der Waals surface area contributed by atoms with E-state index in [0.29, 0.717) is 21.5 Å². The number of amides is 1. The molecular formula is C16H16N2O4S. The minimum absolute atomic E-state index is 0.0982. The maximum atomic E-state index is 11.9. The lowest BCUT2D eigenvalue weighted by molar-refractivity contribution is -0.136. The number of methoxy groups -OCH3 is 1. The summed E-state index contributed by atoms with van der Waals surface area (Å²) in [6.45, 7) is 1.72. The number of hydrogen-bond donors (Lipinski definition) is 2. The average Bonchev–Trinajstić information content (AvgIpc) is 2.84. The minimum atomic E-state index is -0.924. The van der Waals surface area contributed by atoms with Crippen LogP contribution in [0.3, 0.4) is 0 Å². The fraction of sp³-hybridized carbons (Fsp3) is 0.188. The summed E-state index contributed by atoms with van der Waals surface area (Å²) in [7, 11) is 1.58. The number of anilines is 1. The lowest BCUT2D eigenvalue weighted by Crippen LogP contribution is -2.07. The van der Waals surface area contributed by atoms with E-state index in [1.165, 1.54) is 17.4 Å². The number of ether oxygens (including phenoxy) is 1. The standard InChI is InChI=1S/C16H16N2O4S/c1-10-13(9-15(20)21)23-16(17-10)18-14(19)7-6-11-4-3-5-12(8-11)22-2/h3-8H,9H2,1-2H3,(H,20,21)(H,17,18,19)/b7-6+. The van der Waals surface area contributed by atoms with Crippen LogP contribution in [-0.2, 0) is 16.0 Å². The maximum Gasteiger partial charge on any atom is 0.308 e. The molecule has 0 atom stereocenters. The number of carboxylic acid groups (broad SMARTS) is 1. The van der Waals surface area contributed by atoms with Crippen LogP contribution in [0.4, 0.5) is 5.13 Å². The third-order valence-electron chi connectivity index (χ3n) is 2.96. The van der Waals surface area contributed by atoms with Crippen molar-refractivity contribution >= 4 is 34.4 Å². The number of rotatable bonds is 6. The third kappa shape index (κ3) is 4.93. The Balaban J connectivity index is 2.01. The molecule has 0 saturated heterocycles. The maximum absolute atomic E-state index is 11.9. The highest BCUT2D eigenvalue weighted by Crippen LogP contribution is 2.23. The average molecular weight is 332 g/mol. The Morgan fingerprint density at radius 1 is 1.43 bits per heavy atom. The zero-order valence-corrected chi connectivity index (χ0v) is 13.5. The second-order valence-electron chi connectivity index (χ2n) is 4.70. The summed E-state index contributed by atoms with van der Waals surface area (Å²) in [5.74, 6) is -0.544. The number of hydrogen-bond acceptors (Lipinski definition) is 5. The number of aliphatic carboxylic acids is 1. The predicted molar refractivity (Wildman–Crippen MR) is 88.8 cm³/mol. The second kappa shape index (κ2) is 7.55. The van der Waals surface area contributed by atoms with Crippen LogP contribution in [-0.4, -0.2) is 29.1 Å². The largest absolute Gasteiger partial charge is 0.497 e. The lowest BCUT2D eigenvalue weighted by Gasteiger charge is -2.00. The number of thiazole rings is 1. The summed E-state index contributed by atoms with van der Waals surface area (Å²) >= 11 is 1.17. The number of nitrogens with one attached hydrogen (secondary N) is 1. The van der Waals surface area contributed by atoms with Crippen molar-refractivity contribution < 1.29 is 19.4 Å². The van der Waals surface area contributed by atoms with Crippen molar-refractivity contribution in [3.63, 3.8) is 0 Å². The van der Waals surface area contributed by atoms with E-state index in [4.69, 9.17) is 9.84 Å². The van der Waals surface area contributed by atoms with Gasteiger partial charge in [0.25, 0.3) is 0 Å². The van der Waals surface area contributed by atoms with Gasteiger partial charge in [-0.3, -0.25) is 14.9 Å². The summed E-state index contributed by atoms with van der Waals surface area (Å²) in [5.41, 5.74) is 1.45. The van der Waals surface area contributed by atoms with Crippen molar-refractivity contribution in [3.05, 3.63) is 46.5 Å². The summed E-state index contributed by atoms with van der Waals surface area (Å²) in [6.07, 6.45) is 2.96. The van der Waals surface area contributed by atoms with E-state index in [1.807, 2.05) is 24.3 Å². The summed E-state index contributed by atoms with van der Waals surface area (Å²) in [5, 5.41) is 11.8. The Labute approximate surface area is 137 Å². The Hall–Kier alpha value is -2.67. The molecule has 1 amide bonds. The molecule has 23 heavy (non-hydrogen) atoms. The first-order valence-corrected chi connectivity index (χ1v) is 7.61. The molecule has 0 aliphatic carbocycles. The molecule has 0 unspecified atom stereocenters. The number of aryl methyl sites for hydroxylation is 1. The zero-order valence-electron chi connectivity index (χ0n) is 12.7. The fourth-order valence-electron chi connectivity index (χ4n) is 1.85. The molecule has 7 heteroatoms. The number of benzene rings is 1. The van der Waals surface area contributed by atoms with Crippen molar-refractivity contribution in [2.75, 3.05) is 12.4 Å². The van der Waals surface area contributed by atoms with Crippen molar-refractivity contribution in [2.45, 2.75) is 13.3 Å². The van der Waals surface area contributed by atoms with Crippen LogP contribution in [0.1, 0.15) is 16.1 Å². The molecule has 0 aliphatic heterocycles. The number of aromatic nitrogens is 1. The highest BCUT2D eigenvalue weighted by molar-refractivity contribution is 7.16. The predicted octanol–water partition coefficient (Wildman–Crippen LogP) is 2.74. The topological polar surface area (TPSA) is 88.5 Å². The van der Waals surface area contributed by atoms with Crippen LogP contribution < -0.4 is 10.1 Å². The van der Waals surface area contributed by atoms with Crippen molar-refractivity contribution in [3.8, 4) is 5.75 Å². The van der Waals surface area contributed by atoms with Crippen LogP contribution >= 0.6 is 11.3 Å². The quantitative estimate of drug-likeness (QED) is 0.794. The third-order valence-corrected chi connectivity index (χ3v) is 4.03. The Morgan fingerprint density at radius 3 is 2.91 bits per heavy atom. The molecule has 2 N–H and O–H groups in total. The van der Waals surface area contributed by atoms with Gasteiger partial charge in [0, 0.05) is 11.0 Å². The fourth-order valence-corrected chi connectivity index (χ4v) is 2.80. The molecule has 0 saturated carbocycles. The van der Waals surface area contributed by atoms with Gasteiger partial charge in [-0.05, 0) is 30.7 Å². The minimum Gasteiger partial charge on any atom is -0.497 e. The summed E-state index contributed by atoms with van der Waals surface area (Å²) in [6, 6.07) is 7.31. The van der Waals surface area contributed by atoms with Crippen LogP contribution in [0, 0.1) is 6.92 Å². The number of carbonyl (C=O) groups excluding carboxylic acids is 1. The van der Waals surface area contributed by atoms with E-state index in [2.05, 4.69) is 10.3 Å². The molecule has 120 valence electrons. The molecule has 0 bridgehead atoms. The van der Waals surface area contributed by atoms with Crippen LogP contribution in [0.25, 0.3) is 6.08 Å². The zero-order chi connectivity index (χ0) is 16.8. The van der Waals surface area contributed by atoms with E-state index in [9.17, 15) is 9.59 Å². The second-order valence-corrected chi connectivity index (χ2v) is 5.78.